The number of amides is 1. The summed E-state index contributed by atoms with van der Waals surface area (Å²) in [7, 11) is 0. The van der Waals surface area contributed by atoms with Gasteiger partial charge in [-0.3, -0.25) is 4.79 Å². The molecule has 0 saturated carbocycles. The molecule has 18 heavy (non-hydrogen) atoms. The lowest BCUT2D eigenvalue weighted by Crippen LogP contribution is -2.26. The minimum Gasteiger partial charge on any atom is -0.350 e. The molecule has 1 N–H and O–H groups in total. The normalized spacial score (nSPS) is 12.3. The highest BCUT2D eigenvalue weighted by molar-refractivity contribution is 6.35. The summed E-state index contributed by atoms with van der Waals surface area (Å²) in [6, 6.07) is 2.27. The van der Waals surface area contributed by atoms with Gasteiger partial charge >= 0.3 is 0 Å². The van der Waals surface area contributed by atoms with Crippen LogP contribution in [0, 0.1) is 5.82 Å². The van der Waals surface area contributed by atoms with Crippen molar-refractivity contribution < 1.29 is 9.18 Å². The Bertz CT molecular complexity index is 437. The minimum absolute atomic E-state index is 0.0201. The first-order valence-corrected chi connectivity index (χ1v) is 6.65. The quantitative estimate of drug-likeness (QED) is 0.795. The number of nitrogens with one attached hydrogen (secondary N) is 1. The summed E-state index contributed by atoms with van der Waals surface area (Å²) >= 11 is 11.6. The molecule has 0 radical (unpaired) electrons. The van der Waals surface area contributed by atoms with Gasteiger partial charge in [-0.1, -0.05) is 36.5 Å². The van der Waals surface area contributed by atoms with Gasteiger partial charge in [0.15, 0.2) is 0 Å². The van der Waals surface area contributed by atoms with Crippen LogP contribution in [0.5, 0.6) is 0 Å². The second kappa shape index (κ2) is 6.95. The van der Waals surface area contributed by atoms with Crippen LogP contribution in [0.2, 0.25) is 10.0 Å². The number of carbonyl (C=O) groups excluding carboxylic acids is 1. The van der Waals surface area contributed by atoms with E-state index in [1.54, 1.807) is 6.92 Å². The fraction of sp³-hybridized carbons (Fsp3) is 0.462. The van der Waals surface area contributed by atoms with Crippen molar-refractivity contribution in [3.8, 4) is 0 Å². The number of carbonyl (C=O) groups is 1. The molecule has 0 aliphatic carbocycles. The number of unbranched alkanes of at least 4 members (excludes halogenated alkanes) is 1. The van der Waals surface area contributed by atoms with E-state index < -0.39 is 5.82 Å². The third kappa shape index (κ3) is 4.14. The fourth-order valence-corrected chi connectivity index (χ4v) is 2.15. The lowest BCUT2D eigenvalue weighted by atomic mass is 10.1. The van der Waals surface area contributed by atoms with E-state index in [1.807, 2.05) is 6.92 Å². The second-order valence-corrected chi connectivity index (χ2v) is 4.99. The molecule has 0 heterocycles. The Morgan fingerprint density at radius 1 is 1.39 bits per heavy atom. The molecule has 0 saturated heterocycles. The highest BCUT2D eigenvalue weighted by Gasteiger charge is 2.15. The molecule has 0 bridgehead atoms. The maximum Gasteiger partial charge on any atom is 0.220 e. The van der Waals surface area contributed by atoms with Gasteiger partial charge in [-0.05, 0) is 31.0 Å². The Labute approximate surface area is 116 Å². The van der Waals surface area contributed by atoms with Gasteiger partial charge < -0.3 is 5.32 Å². The zero-order valence-corrected chi connectivity index (χ0v) is 11.9. The molecular formula is C13H16Cl2FNO. The molecule has 1 unspecified atom stereocenters. The molecule has 0 aromatic heterocycles. The third-order valence-electron chi connectivity index (χ3n) is 2.64. The number of rotatable bonds is 5. The van der Waals surface area contributed by atoms with E-state index in [0.29, 0.717) is 17.0 Å². The molecule has 2 nitrogen and oxygen atoms in total. The first-order chi connectivity index (χ1) is 8.45. The van der Waals surface area contributed by atoms with Crippen molar-refractivity contribution in [1.29, 1.82) is 0 Å². The predicted molar refractivity (Wildman–Crippen MR) is 72.5 cm³/mol. The molecular weight excluding hydrogens is 276 g/mol. The van der Waals surface area contributed by atoms with Crippen LogP contribution in [0.25, 0.3) is 0 Å². The van der Waals surface area contributed by atoms with Crippen molar-refractivity contribution in [2.24, 2.45) is 0 Å². The van der Waals surface area contributed by atoms with E-state index >= 15 is 0 Å². The maximum atomic E-state index is 13.4. The van der Waals surface area contributed by atoms with Crippen LogP contribution in [0.1, 0.15) is 44.7 Å². The largest absolute Gasteiger partial charge is 0.350 e. The highest BCUT2D eigenvalue weighted by atomic mass is 35.5. The molecule has 0 aliphatic heterocycles. The third-order valence-corrected chi connectivity index (χ3v) is 3.26. The van der Waals surface area contributed by atoms with Gasteiger partial charge in [-0.2, -0.15) is 0 Å². The number of benzene rings is 1. The van der Waals surface area contributed by atoms with Crippen LogP contribution in [-0.2, 0) is 4.79 Å². The molecule has 0 spiro atoms. The van der Waals surface area contributed by atoms with Crippen molar-refractivity contribution in [3.05, 3.63) is 33.6 Å². The van der Waals surface area contributed by atoms with Crippen molar-refractivity contribution >= 4 is 29.1 Å². The smallest absolute Gasteiger partial charge is 0.220 e. The Hall–Kier alpha value is -0.800. The van der Waals surface area contributed by atoms with Crippen molar-refractivity contribution in [2.75, 3.05) is 0 Å². The average molecular weight is 292 g/mol. The van der Waals surface area contributed by atoms with Crippen LogP contribution in [-0.4, -0.2) is 5.91 Å². The zero-order chi connectivity index (χ0) is 13.7. The summed E-state index contributed by atoms with van der Waals surface area (Å²) in [5.74, 6) is -0.596. The van der Waals surface area contributed by atoms with E-state index in [4.69, 9.17) is 23.2 Å². The zero-order valence-electron chi connectivity index (χ0n) is 10.4. The highest BCUT2D eigenvalue weighted by Crippen LogP contribution is 2.28. The molecule has 1 rings (SSSR count). The summed E-state index contributed by atoms with van der Waals surface area (Å²) in [6.07, 6.45) is 2.26. The van der Waals surface area contributed by atoms with Gasteiger partial charge in [-0.25, -0.2) is 4.39 Å². The van der Waals surface area contributed by atoms with Gasteiger partial charge in [0.1, 0.15) is 5.82 Å². The summed E-state index contributed by atoms with van der Waals surface area (Å²) in [4.78, 5) is 11.6. The van der Waals surface area contributed by atoms with Crippen molar-refractivity contribution in [1.82, 2.24) is 5.32 Å². The lowest BCUT2D eigenvalue weighted by Gasteiger charge is -2.16. The average Bonchev–Trinajstić information content (AvgIpc) is 2.31. The Morgan fingerprint density at radius 3 is 2.67 bits per heavy atom. The van der Waals surface area contributed by atoms with E-state index in [-0.39, 0.29) is 17.0 Å². The monoisotopic (exact) mass is 291 g/mol. The second-order valence-electron chi connectivity index (χ2n) is 4.18. The Balaban J connectivity index is 2.75. The number of halogens is 3. The van der Waals surface area contributed by atoms with Gasteiger partial charge in [0.2, 0.25) is 5.91 Å². The first kappa shape index (κ1) is 15.3. The molecule has 0 aliphatic rings. The van der Waals surface area contributed by atoms with Gasteiger partial charge in [0.25, 0.3) is 0 Å². The van der Waals surface area contributed by atoms with Crippen molar-refractivity contribution in [2.45, 2.75) is 39.2 Å². The standard InChI is InChI=1S/C13H16Cl2FNO/c1-3-4-5-13(18)17-8(2)9-6-12(16)11(15)7-10(9)14/h6-8H,3-5H2,1-2H3,(H,17,18). The summed E-state index contributed by atoms with van der Waals surface area (Å²) in [5, 5.41) is 3.12. The predicted octanol–water partition coefficient (Wildman–Crippen LogP) is 4.50. The van der Waals surface area contributed by atoms with Gasteiger partial charge in [-0.15, -0.1) is 0 Å². The molecule has 1 amide bonds. The maximum absolute atomic E-state index is 13.4. The SMILES string of the molecule is CCCCC(=O)NC(C)c1cc(F)c(Cl)cc1Cl. The number of hydrogen-bond donors (Lipinski definition) is 1. The van der Waals surface area contributed by atoms with E-state index in [2.05, 4.69) is 5.32 Å². The lowest BCUT2D eigenvalue weighted by molar-refractivity contribution is -0.121. The van der Waals surface area contributed by atoms with Crippen LogP contribution in [0.4, 0.5) is 4.39 Å². The molecule has 1 atom stereocenters. The molecule has 5 heteroatoms. The van der Waals surface area contributed by atoms with Crippen LogP contribution in [0.3, 0.4) is 0 Å². The van der Waals surface area contributed by atoms with Crippen LogP contribution >= 0.6 is 23.2 Å². The number of hydrogen-bond acceptors (Lipinski definition) is 1. The van der Waals surface area contributed by atoms with E-state index in [1.165, 1.54) is 12.1 Å². The van der Waals surface area contributed by atoms with E-state index in [0.717, 1.165) is 12.8 Å². The molecule has 100 valence electrons. The van der Waals surface area contributed by atoms with Crippen LogP contribution in [0.15, 0.2) is 12.1 Å². The van der Waals surface area contributed by atoms with E-state index in [9.17, 15) is 9.18 Å². The molecule has 0 fully saturated rings. The summed E-state index contributed by atoms with van der Waals surface area (Å²) in [6.45, 7) is 3.78. The molecule has 1 aromatic carbocycles. The van der Waals surface area contributed by atoms with Crippen molar-refractivity contribution in [3.63, 3.8) is 0 Å². The molecule has 1 aromatic rings. The van der Waals surface area contributed by atoms with Gasteiger partial charge in [0.05, 0.1) is 11.1 Å². The Kier molecular flexibility index (Phi) is 5.89. The summed E-state index contributed by atoms with van der Waals surface area (Å²) in [5.41, 5.74) is 0.531. The first-order valence-electron chi connectivity index (χ1n) is 5.89. The topological polar surface area (TPSA) is 29.1 Å². The summed E-state index contributed by atoms with van der Waals surface area (Å²) < 4.78 is 13.4. The minimum atomic E-state index is -0.536. The van der Waals surface area contributed by atoms with Gasteiger partial charge in [0, 0.05) is 11.4 Å². The fourth-order valence-electron chi connectivity index (χ4n) is 1.60. The van der Waals surface area contributed by atoms with Crippen LogP contribution < -0.4 is 5.32 Å². The Morgan fingerprint density at radius 2 is 2.06 bits per heavy atom.